The summed E-state index contributed by atoms with van der Waals surface area (Å²) in [5.41, 5.74) is 7.67. The summed E-state index contributed by atoms with van der Waals surface area (Å²) in [6.07, 6.45) is -0.810. The summed E-state index contributed by atoms with van der Waals surface area (Å²) >= 11 is 0. The lowest BCUT2D eigenvalue weighted by Crippen LogP contribution is -2.19. The Hall–Kier alpha value is -2.04. The SMILES string of the molecule is CC(O)Oc1ccc(C(C)(C)c2ccc(OCCN)cc2)cc1. The Kier molecular flexibility index (Phi) is 5.64. The number of benzene rings is 2. The molecule has 0 fully saturated rings. The first-order valence-corrected chi connectivity index (χ1v) is 7.82. The van der Waals surface area contributed by atoms with Gasteiger partial charge in [-0.05, 0) is 42.3 Å². The Morgan fingerprint density at radius 2 is 1.43 bits per heavy atom. The van der Waals surface area contributed by atoms with Gasteiger partial charge in [0.1, 0.15) is 18.1 Å². The molecule has 0 spiro atoms. The maximum absolute atomic E-state index is 9.26. The third kappa shape index (κ3) is 4.47. The van der Waals surface area contributed by atoms with Gasteiger partial charge in [-0.15, -0.1) is 0 Å². The molecular weight excluding hydrogens is 290 g/mol. The predicted octanol–water partition coefficient (Wildman–Crippen LogP) is 3.07. The fraction of sp³-hybridized carbons (Fsp3) is 0.368. The highest BCUT2D eigenvalue weighted by Crippen LogP contribution is 2.33. The third-order valence-electron chi connectivity index (χ3n) is 3.85. The number of nitrogens with two attached hydrogens (primary N) is 1. The number of rotatable bonds is 7. The molecule has 0 aliphatic heterocycles. The summed E-state index contributed by atoms with van der Waals surface area (Å²) in [4.78, 5) is 0. The molecule has 0 aliphatic carbocycles. The van der Waals surface area contributed by atoms with E-state index < -0.39 is 6.29 Å². The van der Waals surface area contributed by atoms with Crippen molar-refractivity contribution in [1.29, 1.82) is 0 Å². The minimum Gasteiger partial charge on any atom is -0.492 e. The van der Waals surface area contributed by atoms with Crippen LogP contribution in [-0.2, 0) is 5.41 Å². The van der Waals surface area contributed by atoms with E-state index in [4.69, 9.17) is 15.2 Å². The number of hydrogen-bond donors (Lipinski definition) is 2. The van der Waals surface area contributed by atoms with Crippen LogP contribution in [0.2, 0.25) is 0 Å². The van der Waals surface area contributed by atoms with Crippen molar-refractivity contribution in [3.63, 3.8) is 0 Å². The quantitative estimate of drug-likeness (QED) is 0.771. The van der Waals surface area contributed by atoms with Crippen LogP contribution >= 0.6 is 0 Å². The van der Waals surface area contributed by atoms with Gasteiger partial charge in [0.15, 0.2) is 6.29 Å². The standard InChI is InChI=1S/C19H25NO3/c1-14(21)23-18-10-6-16(7-11-18)19(2,3)15-4-8-17(9-5-15)22-13-12-20/h4-11,14,21H,12-13,20H2,1-3H3. The molecule has 0 bridgehead atoms. The van der Waals surface area contributed by atoms with E-state index in [0.29, 0.717) is 18.9 Å². The minimum atomic E-state index is -0.810. The van der Waals surface area contributed by atoms with Crippen LogP contribution in [0.25, 0.3) is 0 Å². The third-order valence-corrected chi connectivity index (χ3v) is 3.85. The molecule has 0 aliphatic rings. The van der Waals surface area contributed by atoms with Crippen molar-refractivity contribution >= 4 is 0 Å². The highest BCUT2D eigenvalue weighted by molar-refractivity contribution is 5.41. The number of aliphatic hydroxyl groups is 1. The highest BCUT2D eigenvalue weighted by atomic mass is 16.6. The topological polar surface area (TPSA) is 64.7 Å². The Balaban J connectivity index is 2.16. The molecule has 0 saturated carbocycles. The van der Waals surface area contributed by atoms with E-state index in [2.05, 4.69) is 26.0 Å². The van der Waals surface area contributed by atoms with Crippen molar-refractivity contribution in [2.75, 3.05) is 13.2 Å². The van der Waals surface area contributed by atoms with Crippen LogP contribution in [0.4, 0.5) is 0 Å². The zero-order valence-corrected chi connectivity index (χ0v) is 14.0. The summed E-state index contributed by atoms with van der Waals surface area (Å²) in [7, 11) is 0. The van der Waals surface area contributed by atoms with Gasteiger partial charge in [-0.2, -0.15) is 0 Å². The van der Waals surface area contributed by atoms with E-state index in [0.717, 1.165) is 5.75 Å². The molecule has 2 aromatic rings. The molecule has 4 heteroatoms. The predicted molar refractivity (Wildman–Crippen MR) is 91.9 cm³/mol. The van der Waals surface area contributed by atoms with E-state index in [1.54, 1.807) is 6.92 Å². The second-order valence-electron chi connectivity index (χ2n) is 6.03. The molecule has 2 aromatic carbocycles. The summed E-state index contributed by atoms with van der Waals surface area (Å²) < 4.78 is 10.8. The van der Waals surface area contributed by atoms with Crippen LogP contribution in [-0.4, -0.2) is 24.5 Å². The van der Waals surface area contributed by atoms with Crippen molar-refractivity contribution in [2.24, 2.45) is 5.73 Å². The first kappa shape index (κ1) is 17.3. The van der Waals surface area contributed by atoms with Gasteiger partial charge in [-0.25, -0.2) is 0 Å². The van der Waals surface area contributed by atoms with Gasteiger partial charge in [-0.1, -0.05) is 38.1 Å². The van der Waals surface area contributed by atoms with E-state index in [-0.39, 0.29) is 5.41 Å². The molecule has 1 unspecified atom stereocenters. The van der Waals surface area contributed by atoms with Crippen LogP contribution in [0.3, 0.4) is 0 Å². The molecule has 2 rings (SSSR count). The molecule has 0 radical (unpaired) electrons. The molecule has 3 N–H and O–H groups in total. The number of aliphatic hydroxyl groups excluding tert-OH is 1. The van der Waals surface area contributed by atoms with Gasteiger partial charge in [0.25, 0.3) is 0 Å². The maximum atomic E-state index is 9.26. The Labute approximate surface area is 137 Å². The Bertz CT molecular complexity index is 604. The molecule has 23 heavy (non-hydrogen) atoms. The fourth-order valence-electron chi connectivity index (χ4n) is 2.46. The van der Waals surface area contributed by atoms with Crippen LogP contribution in [0, 0.1) is 0 Å². The second kappa shape index (κ2) is 7.49. The molecule has 0 heterocycles. The molecule has 0 saturated heterocycles. The zero-order valence-electron chi connectivity index (χ0n) is 14.0. The molecule has 1 atom stereocenters. The maximum Gasteiger partial charge on any atom is 0.194 e. The molecule has 0 amide bonds. The number of ether oxygens (including phenoxy) is 2. The monoisotopic (exact) mass is 315 g/mol. The molecular formula is C19H25NO3. The lowest BCUT2D eigenvalue weighted by molar-refractivity contribution is -0.000308. The van der Waals surface area contributed by atoms with Crippen LogP contribution in [0.15, 0.2) is 48.5 Å². The lowest BCUT2D eigenvalue weighted by Gasteiger charge is -2.26. The molecule has 124 valence electrons. The van der Waals surface area contributed by atoms with E-state index >= 15 is 0 Å². The van der Waals surface area contributed by atoms with Gasteiger partial charge < -0.3 is 20.3 Å². The smallest absolute Gasteiger partial charge is 0.194 e. The average molecular weight is 315 g/mol. The average Bonchev–Trinajstić information content (AvgIpc) is 2.53. The highest BCUT2D eigenvalue weighted by Gasteiger charge is 2.23. The van der Waals surface area contributed by atoms with Crippen LogP contribution in [0.5, 0.6) is 11.5 Å². The summed E-state index contributed by atoms with van der Waals surface area (Å²) in [6.45, 7) is 6.97. The van der Waals surface area contributed by atoms with Crippen molar-refractivity contribution in [1.82, 2.24) is 0 Å². The summed E-state index contributed by atoms with van der Waals surface area (Å²) in [5.74, 6) is 1.49. The Morgan fingerprint density at radius 3 is 1.87 bits per heavy atom. The minimum absolute atomic E-state index is 0.143. The second-order valence-corrected chi connectivity index (χ2v) is 6.03. The Morgan fingerprint density at radius 1 is 0.957 bits per heavy atom. The first-order valence-electron chi connectivity index (χ1n) is 7.82. The van der Waals surface area contributed by atoms with Gasteiger partial charge in [0.05, 0.1) is 0 Å². The van der Waals surface area contributed by atoms with Crippen molar-refractivity contribution in [2.45, 2.75) is 32.5 Å². The van der Waals surface area contributed by atoms with Gasteiger partial charge in [0.2, 0.25) is 0 Å². The fourth-order valence-corrected chi connectivity index (χ4v) is 2.46. The molecule has 4 nitrogen and oxygen atoms in total. The normalized spacial score (nSPS) is 12.7. The van der Waals surface area contributed by atoms with Crippen molar-refractivity contribution in [3.05, 3.63) is 59.7 Å². The first-order chi connectivity index (χ1) is 10.9. The van der Waals surface area contributed by atoms with Gasteiger partial charge in [0, 0.05) is 12.0 Å². The van der Waals surface area contributed by atoms with Crippen molar-refractivity contribution < 1.29 is 14.6 Å². The van der Waals surface area contributed by atoms with E-state index in [1.165, 1.54) is 11.1 Å². The zero-order chi connectivity index (χ0) is 16.9. The summed E-state index contributed by atoms with van der Waals surface area (Å²) in [6, 6.07) is 15.9. The summed E-state index contributed by atoms with van der Waals surface area (Å²) in [5, 5.41) is 9.26. The van der Waals surface area contributed by atoms with Gasteiger partial charge in [-0.3, -0.25) is 0 Å². The van der Waals surface area contributed by atoms with Crippen LogP contribution < -0.4 is 15.2 Å². The van der Waals surface area contributed by atoms with Crippen LogP contribution in [0.1, 0.15) is 31.9 Å². The van der Waals surface area contributed by atoms with Gasteiger partial charge >= 0.3 is 0 Å². The van der Waals surface area contributed by atoms with Crippen molar-refractivity contribution in [3.8, 4) is 11.5 Å². The molecule has 0 aromatic heterocycles. The lowest BCUT2D eigenvalue weighted by atomic mass is 9.78. The number of hydrogen-bond acceptors (Lipinski definition) is 4. The van der Waals surface area contributed by atoms with E-state index in [9.17, 15) is 5.11 Å². The van der Waals surface area contributed by atoms with E-state index in [1.807, 2.05) is 36.4 Å². The largest absolute Gasteiger partial charge is 0.492 e.